The fourth-order valence-electron chi connectivity index (χ4n) is 0.212. The van der Waals surface area contributed by atoms with E-state index >= 15 is 0 Å². The minimum Gasteiger partial charge on any atom is -0.330 e. The third-order valence-corrected chi connectivity index (χ3v) is 0.533. The average Bonchev–Trinajstić information content (AvgIpc) is 1.69. The zero-order valence-electron chi connectivity index (χ0n) is 4.09. The second kappa shape index (κ2) is 5.27. The van der Waals surface area contributed by atoms with Crippen molar-refractivity contribution in [3.63, 3.8) is 0 Å². The van der Waals surface area contributed by atoms with Crippen LogP contribution in [0.2, 0.25) is 0 Å². The Morgan fingerprint density at radius 1 is 1.71 bits per heavy atom. The molecule has 0 aliphatic carbocycles. The molecule has 4 nitrogen and oxygen atoms in total. The summed E-state index contributed by atoms with van der Waals surface area (Å²) in [4.78, 5) is 2.79. The van der Waals surface area contributed by atoms with E-state index < -0.39 is 0 Å². The smallest absolute Gasteiger partial charge is 0.214 e. The van der Waals surface area contributed by atoms with Gasteiger partial charge in [0.25, 0.3) is 0 Å². The first-order valence-electron chi connectivity index (χ1n) is 2.15. The molecular weight excluding hydrogens is 92.1 g/mol. The van der Waals surface area contributed by atoms with Gasteiger partial charge < -0.3 is 5.73 Å². The lowest BCUT2D eigenvalue weighted by molar-refractivity contribution is 0.776. The third-order valence-electron chi connectivity index (χ3n) is 0.533. The van der Waals surface area contributed by atoms with Crippen LogP contribution in [0.1, 0.15) is 6.42 Å². The topological polar surface area (TPSA) is 76.3 Å². The highest BCUT2D eigenvalue weighted by molar-refractivity contribution is 4.37. The van der Waals surface area contributed by atoms with Crippen molar-refractivity contribution in [1.82, 2.24) is 4.91 Å². The van der Waals surface area contributed by atoms with E-state index in [1.807, 2.05) is 0 Å². The molecule has 0 unspecified atom stereocenters. The van der Waals surface area contributed by atoms with Crippen LogP contribution in [0.15, 0.2) is 5.11 Å². The Morgan fingerprint density at radius 2 is 2.43 bits per heavy atom. The number of rotatable bonds is 3. The van der Waals surface area contributed by atoms with E-state index in [1.54, 1.807) is 0 Å². The van der Waals surface area contributed by atoms with Gasteiger partial charge in [0.05, 0.1) is 0 Å². The van der Waals surface area contributed by atoms with E-state index in [9.17, 15) is 0 Å². The van der Waals surface area contributed by atoms with Gasteiger partial charge in [-0.3, -0.25) is 0 Å². The maximum absolute atomic E-state index is 6.20. The van der Waals surface area contributed by atoms with Crippen LogP contribution in [0.5, 0.6) is 0 Å². The highest BCUT2D eigenvalue weighted by atomic mass is 15.1. The van der Waals surface area contributed by atoms with Crippen molar-refractivity contribution in [3.05, 3.63) is 0 Å². The highest BCUT2D eigenvalue weighted by Crippen LogP contribution is 1.70. The van der Waals surface area contributed by atoms with Gasteiger partial charge in [0, 0.05) is 0 Å². The Hall–Kier alpha value is -0.730. The van der Waals surface area contributed by atoms with E-state index in [-0.39, 0.29) is 0 Å². The van der Waals surface area contributed by atoms with Crippen LogP contribution in [-0.4, -0.2) is 13.1 Å². The summed E-state index contributed by atoms with van der Waals surface area (Å²) in [6, 6.07) is 0. The Balaban J connectivity index is 2.83. The van der Waals surface area contributed by atoms with E-state index in [0.717, 1.165) is 6.42 Å². The molecule has 0 saturated carbocycles. The summed E-state index contributed by atoms with van der Waals surface area (Å²) in [5.41, 5.74) is 11.3. The van der Waals surface area contributed by atoms with Crippen molar-refractivity contribution in [2.24, 2.45) is 10.8 Å². The predicted molar refractivity (Wildman–Crippen MR) is 25.8 cm³/mol. The summed E-state index contributed by atoms with van der Waals surface area (Å²) < 4.78 is 0. The summed E-state index contributed by atoms with van der Waals surface area (Å²) in [5, 5.41) is 3.37. The summed E-state index contributed by atoms with van der Waals surface area (Å²) >= 11 is 0. The molecule has 0 bridgehead atoms. The second-order valence-electron chi connectivity index (χ2n) is 1.11. The maximum Gasteiger partial charge on any atom is 0.214 e. The van der Waals surface area contributed by atoms with Crippen LogP contribution in [0.25, 0.3) is 0 Å². The van der Waals surface area contributed by atoms with Crippen molar-refractivity contribution in [2.45, 2.75) is 6.42 Å². The van der Waals surface area contributed by atoms with Crippen LogP contribution in [0.4, 0.5) is 0 Å². The molecule has 0 radical (unpaired) electrons. The zero-order valence-corrected chi connectivity index (χ0v) is 4.09. The van der Waals surface area contributed by atoms with Crippen molar-refractivity contribution in [2.75, 3.05) is 13.1 Å². The summed E-state index contributed by atoms with van der Waals surface area (Å²) in [6.45, 7) is 1.21. The third kappa shape index (κ3) is 5.27. The van der Waals surface area contributed by atoms with Crippen molar-refractivity contribution in [3.8, 4) is 0 Å². The zero-order chi connectivity index (χ0) is 5.54. The largest absolute Gasteiger partial charge is 0.330 e. The molecule has 0 aliphatic heterocycles. The lowest BCUT2D eigenvalue weighted by Crippen LogP contribution is -1.99. The number of nitrogens with zero attached hydrogens (tertiary/aromatic N) is 2. The Bertz CT molecular complexity index is 73.0. The number of hydrogen-bond acceptors (Lipinski definition) is 3. The minimum atomic E-state index is 0.583. The Morgan fingerprint density at radius 3 is 2.86 bits per heavy atom. The molecule has 3 N–H and O–H groups in total. The van der Waals surface area contributed by atoms with Crippen LogP contribution >= 0.6 is 0 Å². The predicted octanol–water partition coefficient (Wildman–Crippen LogP) is -0.114. The molecule has 0 rings (SSSR count). The molecular formula is C3H9N4+. The van der Waals surface area contributed by atoms with Gasteiger partial charge in [0.15, 0.2) is 0 Å². The van der Waals surface area contributed by atoms with Gasteiger partial charge >= 0.3 is 0 Å². The van der Waals surface area contributed by atoms with Gasteiger partial charge in [-0.1, -0.05) is 0 Å². The molecule has 0 aliphatic rings. The van der Waals surface area contributed by atoms with Crippen LogP contribution in [0, 0.1) is 5.53 Å². The van der Waals surface area contributed by atoms with E-state index in [2.05, 4.69) is 10.0 Å². The van der Waals surface area contributed by atoms with Crippen LogP contribution < -0.4 is 10.6 Å². The van der Waals surface area contributed by atoms with Crippen molar-refractivity contribution < 1.29 is 0 Å². The normalized spacial score (nSPS) is 7.57. The fourth-order valence-corrected chi connectivity index (χ4v) is 0.212. The Labute approximate surface area is 41.9 Å². The Kier molecular flexibility index (Phi) is 4.72. The number of nitrogens with one attached hydrogen (secondary N) is 1. The molecule has 0 heterocycles. The van der Waals surface area contributed by atoms with Crippen molar-refractivity contribution in [1.29, 1.82) is 5.53 Å². The monoisotopic (exact) mass is 101 g/mol. The summed E-state index contributed by atoms with van der Waals surface area (Å²) in [6.07, 6.45) is 0.822. The molecule has 7 heavy (non-hydrogen) atoms. The lowest BCUT2D eigenvalue weighted by Gasteiger charge is -1.76. The molecule has 0 spiro atoms. The first-order valence-corrected chi connectivity index (χ1v) is 2.15. The number of nitrogens with two attached hydrogens (primary N) is 1. The van der Waals surface area contributed by atoms with E-state index in [4.69, 9.17) is 11.3 Å². The highest BCUT2D eigenvalue weighted by Gasteiger charge is 1.81. The van der Waals surface area contributed by atoms with Gasteiger partial charge in [-0.2, -0.15) is 0 Å². The molecule has 0 fully saturated rings. The fraction of sp³-hybridized carbons (Fsp3) is 1.00. The molecule has 0 aromatic carbocycles. The van der Waals surface area contributed by atoms with E-state index in [0.29, 0.717) is 13.1 Å². The van der Waals surface area contributed by atoms with Crippen LogP contribution in [-0.2, 0) is 0 Å². The molecule has 0 aromatic rings. The second-order valence-corrected chi connectivity index (χ2v) is 1.11. The van der Waals surface area contributed by atoms with Gasteiger partial charge in [-0.05, 0) is 13.0 Å². The number of hydrogen-bond donors (Lipinski definition) is 2. The van der Waals surface area contributed by atoms with Gasteiger partial charge in [0.2, 0.25) is 4.91 Å². The van der Waals surface area contributed by atoms with Gasteiger partial charge in [-0.15, -0.1) is 0 Å². The van der Waals surface area contributed by atoms with Gasteiger partial charge in [-0.25, -0.2) is 0 Å². The van der Waals surface area contributed by atoms with Gasteiger partial charge in [0.1, 0.15) is 17.2 Å². The average molecular weight is 101 g/mol. The first kappa shape index (κ1) is 6.27. The molecule has 0 atom stereocenters. The first-order chi connectivity index (χ1) is 3.41. The molecule has 0 amide bonds. The summed E-state index contributed by atoms with van der Waals surface area (Å²) in [5.74, 6) is 0. The lowest BCUT2D eigenvalue weighted by atomic mass is 10.4. The summed E-state index contributed by atoms with van der Waals surface area (Å²) in [7, 11) is 0. The van der Waals surface area contributed by atoms with E-state index in [1.165, 1.54) is 0 Å². The van der Waals surface area contributed by atoms with Crippen LogP contribution in [0.3, 0.4) is 0 Å². The minimum absolute atomic E-state index is 0.583. The molecule has 0 saturated heterocycles. The molecule has 0 aromatic heterocycles. The molecule has 40 valence electrons. The quantitative estimate of drug-likeness (QED) is 0.290. The SMILES string of the molecule is N=[N+]=NCCCN. The molecule has 4 heteroatoms. The van der Waals surface area contributed by atoms with Crippen molar-refractivity contribution >= 4 is 0 Å². The standard InChI is InChI=1S/C3H9N4/c4-2-1-3-6-7-5/h5H,1-4H2/q+1. The maximum atomic E-state index is 6.20.